The molecule has 0 unspecified atom stereocenters. The Morgan fingerprint density at radius 1 is 1.40 bits per heavy atom. The van der Waals surface area contributed by atoms with Crippen molar-refractivity contribution in [1.82, 2.24) is 10.3 Å². The van der Waals surface area contributed by atoms with Gasteiger partial charge in [0.25, 0.3) is 5.91 Å². The number of carbonyl (C=O) groups is 1. The van der Waals surface area contributed by atoms with E-state index in [0.29, 0.717) is 12.3 Å². The van der Waals surface area contributed by atoms with Crippen LogP contribution in [0.1, 0.15) is 21.5 Å². The van der Waals surface area contributed by atoms with Gasteiger partial charge >= 0.3 is 0 Å². The van der Waals surface area contributed by atoms with Gasteiger partial charge in [0.15, 0.2) is 0 Å². The summed E-state index contributed by atoms with van der Waals surface area (Å²) in [5.41, 5.74) is 1.92. The third-order valence-electron chi connectivity index (χ3n) is 3.00. The van der Waals surface area contributed by atoms with Crippen molar-refractivity contribution in [3.05, 3.63) is 59.2 Å². The molecule has 20 heavy (non-hydrogen) atoms. The van der Waals surface area contributed by atoms with Crippen molar-refractivity contribution in [2.75, 3.05) is 7.11 Å². The maximum absolute atomic E-state index is 13.7. The van der Waals surface area contributed by atoms with E-state index in [1.165, 1.54) is 19.2 Å². The number of halogens is 1. The number of aromatic nitrogens is 1. The van der Waals surface area contributed by atoms with Crippen LogP contribution in [0.3, 0.4) is 0 Å². The van der Waals surface area contributed by atoms with E-state index in [9.17, 15) is 9.18 Å². The van der Waals surface area contributed by atoms with Crippen LogP contribution in [0.4, 0.5) is 4.39 Å². The van der Waals surface area contributed by atoms with Gasteiger partial charge in [0, 0.05) is 25.0 Å². The molecule has 0 aliphatic carbocycles. The van der Waals surface area contributed by atoms with Gasteiger partial charge in [0.1, 0.15) is 11.6 Å². The Morgan fingerprint density at radius 2 is 2.20 bits per heavy atom. The minimum atomic E-state index is -0.603. The summed E-state index contributed by atoms with van der Waals surface area (Å²) in [6, 6.07) is 5.96. The molecule has 1 heterocycles. The molecule has 4 nitrogen and oxygen atoms in total. The molecule has 0 radical (unpaired) electrons. The Balaban J connectivity index is 2.07. The Hall–Kier alpha value is -2.43. The van der Waals surface area contributed by atoms with Gasteiger partial charge in [-0.3, -0.25) is 9.78 Å². The van der Waals surface area contributed by atoms with E-state index >= 15 is 0 Å². The average molecular weight is 274 g/mol. The zero-order valence-corrected chi connectivity index (χ0v) is 11.3. The van der Waals surface area contributed by atoms with Crippen molar-refractivity contribution in [3.8, 4) is 5.75 Å². The smallest absolute Gasteiger partial charge is 0.254 e. The predicted octanol–water partition coefficient (Wildman–Crippen LogP) is 2.47. The summed E-state index contributed by atoms with van der Waals surface area (Å²) in [6.45, 7) is 2.24. The lowest BCUT2D eigenvalue weighted by atomic mass is 10.1. The fourth-order valence-corrected chi connectivity index (χ4v) is 1.78. The van der Waals surface area contributed by atoms with Crippen molar-refractivity contribution in [2.24, 2.45) is 0 Å². The largest absolute Gasteiger partial charge is 0.497 e. The molecule has 104 valence electrons. The van der Waals surface area contributed by atoms with Gasteiger partial charge in [-0.15, -0.1) is 0 Å². The second-order valence-corrected chi connectivity index (χ2v) is 4.33. The molecule has 5 heteroatoms. The summed E-state index contributed by atoms with van der Waals surface area (Å²) in [7, 11) is 1.45. The molecule has 0 spiro atoms. The van der Waals surface area contributed by atoms with Gasteiger partial charge < -0.3 is 10.1 Å². The van der Waals surface area contributed by atoms with E-state index < -0.39 is 11.7 Å². The van der Waals surface area contributed by atoms with Crippen LogP contribution in [-0.2, 0) is 6.54 Å². The third kappa shape index (κ3) is 3.12. The lowest BCUT2D eigenvalue weighted by molar-refractivity contribution is 0.0947. The molecule has 0 bridgehead atoms. The molecule has 1 aromatic carbocycles. The van der Waals surface area contributed by atoms with Crippen molar-refractivity contribution in [2.45, 2.75) is 13.5 Å². The number of hydrogen-bond acceptors (Lipinski definition) is 3. The zero-order valence-electron chi connectivity index (χ0n) is 11.3. The number of nitrogens with one attached hydrogen (secondary N) is 1. The first kappa shape index (κ1) is 14.0. The van der Waals surface area contributed by atoms with Crippen LogP contribution in [0.2, 0.25) is 0 Å². The molecule has 1 amide bonds. The summed E-state index contributed by atoms with van der Waals surface area (Å²) in [4.78, 5) is 15.9. The number of amides is 1. The lowest BCUT2D eigenvalue weighted by Crippen LogP contribution is -2.24. The number of aryl methyl sites for hydroxylation is 1. The first-order valence-electron chi connectivity index (χ1n) is 6.13. The first-order chi connectivity index (χ1) is 9.61. The number of carbonyl (C=O) groups excluding carboxylic acids is 1. The molecule has 2 rings (SSSR count). The summed E-state index contributed by atoms with van der Waals surface area (Å²) in [6.07, 6.45) is 3.37. The van der Waals surface area contributed by atoms with Gasteiger partial charge in [0.2, 0.25) is 0 Å². The minimum absolute atomic E-state index is 0.00231. The second kappa shape index (κ2) is 6.14. The molecule has 1 N–H and O–H groups in total. The molecule has 0 saturated carbocycles. The van der Waals surface area contributed by atoms with Gasteiger partial charge in [-0.2, -0.15) is 0 Å². The number of rotatable bonds is 4. The highest BCUT2D eigenvalue weighted by atomic mass is 19.1. The minimum Gasteiger partial charge on any atom is -0.497 e. The van der Waals surface area contributed by atoms with Crippen LogP contribution in [0.15, 0.2) is 36.7 Å². The summed E-state index contributed by atoms with van der Waals surface area (Å²) < 4.78 is 18.6. The molecular formula is C15H15FN2O2. The quantitative estimate of drug-likeness (QED) is 0.931. The molecule has 0 aliphatic rings. The average Bonchev–Trinajstić information content (AvgIpc) is 2.46. The summed E-state index contributed by atoms with van der Waals surface area (Å²) in [5, 5.41) is 2.69. The maximum atomic E-state index is 13.7. The monoisotopic (exact) mass is 274 g/mol. The summed E-state index contributed by atoms with van der Waals surface area (Å²) >= 11 is 0. The highest BCUT2D eigenvalue weighted by Gasteiger charge is 2.12. The molecule has 0 saturated heterocycles. The number of ether oxygens (including phenoxy) is 1. The van der Waals surface area contributed by atoms with Crippen LogP contribution in [0, 0.1) is 12.7 Å². The van der Waals surface area contributed by atoms with Crippen LogP contribution in [0.5, 0.6) is 5.75 Å². The number of nitrogens with zero attached hydrogens (tertiary/aromatic N) is 1. The maximum Gasteiger partial charge on any atom is 0.254 e. The Labute approximate surface area is 116 Å². The van der Waals surface area contributed by atoms with Crippen LogP contribution in [0.25, 0.3) is 0 Å². The highest BCUT2D eigenvalue weighted by Crippen LogP contribution is 2.16. The Bertz CT molecular complexity index is 629. The molecule has 2 aromatic rings. The predicted molar refractivity (Wildman–Crippen MR) is 73.1 cm³/mol. The normalized spacial score (nSPS) is 10.2. The fourth-order valence-electron chi connectivity index (χ4n) is 1.78. The van der Waals surface area contributed by atoms with E-state index in [1.54, 1.807) is 18.5 Å². The van der Waals surface area contributed by atoms with E-state index in [2.05, 4.69) is 10.3 Å². The van der Waals surface area contributed by atoms with E-state index in [0.717, 1.165) is 11.1 Å². The SMILES string of the molecule is COc1ccc(C(=O)NCc2ccncc2C)c(F)c1. The van der Waals surface area contributed by atoms with Crippen LogP contribution < -0.4 is 10.1 Å². The van der Waals surface area contributed by atoms with Crippen molar-refractivity contribution < 1.29 is 13.9 Å². The number of benzene rings is 1. The lowest BCUT2D eigenvalue weighted by Gasteiger charge is -2.09. The van der Waals surface area contributed by atoms with Crippen LogP contribution >= 0.6 is 0 Å². The van der Waals surface area contributed by atoms with Gasteiger partial charge in [-0.05, 0) is 36.2 Å². The topological polar surface area (TPSA) is 51.2 Å². The molecular weight excluding hydrogens is 259 g/mol. The van der Waals surface area contributed by atoms with E-state index in [4.69, 9.17) is 4.74 Å². The molecule has 0 fully saturated rings. The standard InChI is InChI=1S/C15H15FN2O2/c1-10-8-17-6-5-11(10)9-18-15(19)13-4-3-12(20-2)7-14(13)16/h3-8H,9H2,1-2H3,(H,18,19). The van der Waals surface area contributed by atoms with Gasteiger partial charge in [-0.1, -0.05) is 0 Å². The number of hydrogen-bond donors (Lipinski definition) is 1. The zero-order chi connectivity index (χ0) is 14.5. The Morgan fingerprint density at radius 3 is 2.85 bits per heavy atom. The Kier molecular flexibility index (Phi) is 4.30. The van der Waals surface area contributed by atoms with E-state index in [1.807, 2.05) is 13.0 Å². The fraction of sp³-hybridized carbons (Fsp3) is 0.200. The molecule has 0 aliphatic heterocycles. The summed E-state index contributed by atoms with van der Waals surface area (Å²) in [5.74, 6) is -0.682. The van der Waals surface area contributed by atoms with Crippen molar-refractivity contribution >= 4 is 5.91 Å². The molecule has 1 aromatic heterocycles. The highest BCUT2D eigenvalue weighted by molar-refractivity contribution is 5.94. The van der Waals surface area contributed by atoms with Crippen molar-refractivity contribution in [3.63, 3.8) is 0 Å². The van der Waals surface area contributed by atoms with Gasteiger partial charge in [-0.25, -0.2) is 4.39 Å². The van der Waals surface area contributed by atoms with Crippen LogP contribution in [-0.4, -0.2) is 18.0 Å². The van der Waals surface area contributed by atoms with Crippen molar-refractivity contribution in [1.29, 1.82) is 0 Å². The number of methoxy groups -OCH3 is 1. The second-order valence-electron chi connectivity index (χ2n) is 4.33. The van der Waals surface area contributed by atoms with E-state index in [-0.39, 0.29) is 5.56 Å². The first-order valence-corrected chi connectivity index (χ1v) is 6.13. The van der Waals surface area contributed by atoms with Gasteiger partial charge in [0.05, 0.1) is 12.7 Å². The third-order valence-corrected chi connectivity index (χ3v) is 3.00. The number of pyridine rings is 1. The molecule has 0 atom stereocenters.